The number of benzene rings is 1. The Labute approximate surface area is 139 Å². The zero-order chi connectivity index (χ0) is 16.7. The van der Waals surface area contributed by atoms with Crippen LogP contribution in [0.5, 0.6) is 0 Å². The van der Waals surface area contributed by atoms with Crippen LogP contribution in [0.3, 0.4) is 0 Å². The lowest BCUT2D eigenvalue weighted by atomic mass is 10.2. The van der Waals surface area contributed by atoms with Gasteiger partial charge in [0, 0.05) is 11.8 Å². The van der Waals surface area contributed by atoms with E-state index in [2.05, 4.69) is 11.9 Å². The number of aromatic nitrogens is 4. The largest absolute Gasteiger partial charge is 0.324 e. The highest BCUT2D eigenvalue weighted by Crippen LogP contribution is 2.15. The lowest BCUT2D eigenvalue weighted by Crippen LogP contribution is -2.19. The summed E-state index contributed by atoms with van der Waals surface area (Å²) >= 11 is 0. The second-order valence-electron chi connectivity index (χ2n) is 5.96. The normalized spacial score (nSPS) is 11.4. The molecule has 0 saturated heterocycles. The molecule has 24 heavy (non-hydrogen) atoms. The van der Waals surface area contributed by atoms with Crippen molar-refractivity contribution in [1.82, 2.24) is 18.9 Å². The average Bonchev–Trinajstić information content (AvgIpc) is 2.98. The second kappa shape index (κ2) is 5.60. The van der Waals surface area contributed by atoms with Gasteiger partial charge in [0.05, 0.1) is 29.6 Å². The van der Waals surface area contributed by atoms with Gasteiger partial charge in [-0.15, -0.1) is 0 Å². The molecule has 0 N–H and O–H groups in total. The molecule has 0 amide bonds. The quantitative estimate of drug-likeness (QED) is 0.583. The third-order valence-corrected chi connectivity index (χ3v) is 4.38. The SMILES string of the molecule is CCc1ccc(C)n2c(=O)cc(Cn3cnc4ccccc43)nc12. The molecule has 0 bridgehead atoms. The van der Waals surface area contributed by atoms with Crippen LogP contribution in [-0.2, 0) is 13.0 Å². The van der Waals surface area contributed by atoms with Gasteiger partial charge in [0.1, 0.15) is 5.65 Å². The Hall–Kier alpha value is -2.95. The number of hydrogen-bond donors (Lipinski definition) is 0. The van der Waals surface area contributed by atoms with Gasteiger partial charge in [-0.05, 0) is 37.1 Å². The number of nitrogens with zero attached hydrogens (tertiary/aromatic N) is 4. The number of para-hydroxylation sites is 2. The van der Waals surface area contributed by atoms with Gasteiger partial charge in [0.25, 0.3) is 5.56 Å². The molecule has 0 fully saturated rings. The van der Waals surface area contributed by atoms with Crippen molar-refractivity contribution >= 4 is 16.7 Å². The minimum Gasteiger partial charge on any atom is -0.324 e. The summed E-state index contributed by atoms with van der Waals surface area (Å²) < 4.78 is 3.71. The predicted octanol–water partition coefficient (Wildman–Crippen LogP) is 2.96. The van der Waals surface area contributed by atoms with Crippen molar-refractivity contribution in [1.29, 1.82) is 0 Å². The summed E-state index contributed by atoms with van der Waals surface area (Å²) in [6.07, 6.45) is 2.64. The van der Waals surface area contributed by atoms with E-state index >= 15 is 0 Å². The van der Waals surface area contributed by atoms with E-state index in [1.54, 1.807) is 16.8 Å². The molecule has 3 aromatic heterocycles. The third kappa shape index (κ3) is 2.29. The van der Waals surface area contributed by atoms with Crippen molar-refractivity contribution in [2.24, 2.45) is 0 Å². The van der Waals surface area contributed by atoms with Gasteiger partial charge in [0.15, 0.2) is 0 Å². The predicted molar refractivity (Wildman–Crippen MR) is 94.4 cm³/mol. The van der Waals surface area contributed by atoms with Gasteiger partial charge in [-0.3, -0.25) is 9.20 Å². The van der Waals surface area contributed by atoms with E-state index < -0.39 is 0 Å². The Morgan fingerprint density at radius 1 is 1.12 bits per heavy atom. The fraction of sp³-hybridized carbons (Fsp3) is 0.211. The van der Waals surface area contributed by atoms with E-state index in [0.29, 0.717) is 6.54 Å². The van der Waals surface area contributed by atoms with Crippen LogP contribution in [0.4, 0.5) is 0 Å². The summed E-state index contributed by atoms with van der Waals surface area (Å²) in [6.45, 7) is 4.54. The van der Waals surface area contributed by atoms with Crippen molar-refractivity contribution in [2.45, 2.75) is 26.8 Å². The van der Waals surface area contributed by atoms with Gasteiger partial charge in [-0.1, -0.05) is 25.1 Å². The van der Waals surface area contributed by atoms with Crippen LogP contribution in [0, 0.1) is 6.92 Å². The highest BCUT2D eigenvalue weighted by atomic mass is 16.1. The zero-order valence-electron chi connectivity index (χ0n) is 13.7. The number of aryl methyl sites for hydroxylation is 2. The summed E-state index contributed by atoms with van der Waals surface area (Å²) in [7, 11) is 0. The molecule has 5 nitrogen and oxygen atoms in total. The first-order valence-corrected chi connectivity index (χ1v) is 8.08. The van der Waals surface area contributed by atoms with Gasteiger partial charge in [-0.2, -0.15) is 0 Å². The molecule has 0 aliphatic carbocycles. The molecule has 5 heteroatoms. The number of hydrogen-bond acceptors (Lipinski definition) is 3. The van der Waals surface area contributed by atoms with Crippen molar-refractivity contribution in [3.8, 4) is 0 Å². The molecule has 0 radical (unpaired) electrons. The van der Waals surface area contributed by atoms with Gasteiger partial charge >= 0.3 is 0 Å². The number of imidazole rings is 1. The summed E-state index contributed by atoms with van der Waals surface area (Å²) in [5, 5.41) is 0. The molecule has 0 spiro atoms. The van der Waals surface area contributed by atoms with E-state index in [1.165, 1.54) is 0 Å². The van der Waals surface area contributed by atoms with Gasteiger partial charge < -0.3 is 4.57 Å². The Balaban J connectivity index is 1.87. The maximum Gasteiger partial charge on any atom is 0.258 e. The molecule has 0 unspecified atom stereocenters. The van der Waals surface area contributed by atoms with Crippen LogP contribution in [0.1, 0.15) is 23.9 Å². The Morgan fingerprint density at radius 3 is 2.79 bits per heavy atom. The molecular weight excluding hydrogens is 300 g/mol. The standard InChI is InChI=1S/C19H18N4O/c1-3-14-9-8-13(2)23-18(24)10-15(21-19(14)23)11-22-12-20-16-6-4-5-7-17(16)22/h4-10,12H,3,11H2,1-2H3. The first-order chi connectivity index (χ1) is 11.7. The molecule has 4 aromatic rings. The molecule has 0 aliphatic heterocycles. The maximum absolute atomic E-state index is 12.6. The number of pyridine rings is 1. The van der Waals surface area contributed by atoms with Crippen LogP contribution >= 0.6 is 0 Å². The molecule has 4 rings (SSSR count). The topological polar surface area (TPSA) is 52.2 Å². The van der Waals surface area contributed by atoms with E-state index in [0.717, 1.165) is 40.1 Å². The van der Waals surface area contributed by atoms with Crippen molar-refractivity contribution in [3.05, 3.63) is 76.1 Å². The summed E-state index contributed by atoms with van der Waals surface area (Å²) in [6, 6.07) is 13.6. The Bertz CT molecular complexity index is 1110. The van der Waals surface area contributed by atoms with Crippen LogP contribution in [-0.4, -0.2) is 18.9 Å². The summed E-state index contributed by atoms with van der Waals surface area (Å²) in [5.74, 6) is 0. The van der Waals surface area contributed by atoms with Crippen LogP contribution in [0.25, 0.3) is 16.7 Å². The molecule has 0 saturated carbocycles. The third-order valence-electron chi connectivity index (χ3n) is 4.38. The highest BCUT2D eigenvalue weighted by Gasteiger charge is 2.10. The van der Waals surface area contributed by atoms with E-state index in [9.17, 15) is 4.79 Å². The zero-order valence-corrected chi connectivity index (χ0v) is 13.7. The Morgan fingerprint density at radius 2 is 1.96 bits per heavy atom. The maximum atomic E-state index is 12.6. The highest BCUT2D eigenvalue weighted by molar-refractivity contribution is 5.75. The van der Waals surface area contributed by atoms with Gasteiger partial charge in [-0.25, -0.2) is 9.97 Å². The van der Waals surface area contributed by atoms with E-state index in [1.807, 2.05) is 47.9 Å². The molecule has 0 atom stereocenters. The minimum atomic E-state index is -0.0350. The fourth-order valence-electron chi connectivity index (χ4n) is 3.12. The fourth-order valence-corrected chi connectivity index (χ4v) is 3.12. The molecular formula is C19H18N4O. The first kappa shape index (κ1) is 14.6. The minimum absolute atomic E-state index is 0.0350. The van der Waals surface area contributed by atoms with E-state index in [-0.39, 0.29) is 5.56 Å². The molecule has 0 aliphatic rings. The van der Waals surface area contributed by atoms with Crippen molar-refractivity contribution < 1.29 is 0 Å². The molecule has 1 aromatic carbocycles. The van der Waals surface area contributed by atoms with Crippen molar-refractivity contribution in [2.75, 3.05) is 0 Å². The van der Waals surface area contributed by atoms with Gasteiger partial charge in [0.2, 0.25) is 0 Å². The number of rotatable bonds is 3. The lowest BCUT2D eigenvalue weighted by Gasteiger charge is -2.11. The Kier molecular flexibility index (Phi) is 3.41. The summed E-state index contributed by atoms with van der Waals surface area (Å²) in [5.41, 5.74) is 5.44. The van der Waals surface area contributed by atoms with Crippen LogP contribution in [0.2, 0.25) is 0 Å². The molecule has 3 heterocycles. The number of fused-ring (bicyclic) bond motifs is 2. The summed E-state index contributed by atoms with van der Waals surface area (Å²) in [4.78, 5) is 21.7. The average molecular weight is 318 g/mol. The first-order valence-electron chi connectivity index (χ1n) is 8.08. The lowest BCUT2D eigenvalue weighted by molar-refractivity contribution is 0.787. The van der Waals surface area contributed by atoms with Crippen molar-refractivity contribution in [3.63, 3.8) is 0 Å². The van der Waals surface area contributed by atoms with Crippen LogP contribution in [0.15, 0.2) is 53.6 Å². The monoisotopic (exact) mass is 318 g/mol. The second-order valence-corrected chi connectivity index (χ2v) is 5.96. The van der Waals surface area contributed by atoms with Crippen LogP contribution < -0.4 is 5.56 Å². The molecule has 120 valence electrons. The smallest absolute Gasteiger partial charge is 0.258 e. The van der Waals surface area contributed by atoms with E-state index in [4.69, 9.17) is 4.98 Å².